The number of aromatic nitrogens is 2. The molecule has 0 fully saturated rings. The molecule has 0 atom stereocenters. The topological polar surface area (TPSA) is 56.1 Å². The number of nitrogens with one attached hydrogen (secondary N) is 1. The Hall–Kier alpha value is -1.80. The maximum atomic E-state index is 12.0. The summed E-state index contributed by atoms with van der Waals surface area (Å²) >= 11 is 0. The Morgan fingerprint density at radius 1 is 1.71 bits per heavy atom. The van der Waals surface area contributed by atoms with Crippen molar-refractivity contribution in [2.75, 3.05) is 20.2 Å². The first kappa shape index (κ1) is 13.3. The minimum atomic E-state index is -0.0666. The normalized spacial score (nSPS) is 9.94. The van der Waals surface area contributed by atoms with Crippen LogP contribution in [0.4, 0.5) is 0 Å². The van der Waals surface area contributed by atoms with Crippen molar-refractivity contribution in [2.24, 2.45) is 0 Å². The van der Waals surface area contributed by atoms with Gasteiger partial charge in [0.05, 0.1) is 26.4 Å². The third-order valence-electron chi connectivity index (χ3n) is 2.24. The van der Waals surface area contributed by atoms with Crippen molar-refractivity contribution in [2.45, 2.75) is 19.9 Å². The van der Waals surface area contributed by atoms with Crippen molar-refractivity contribution < 1.29 is 9.53 Å². The van der Waals surface area contributed by atoms with Crippen molar-refractivity contribution in [3.05, 3.63) is 11.9 Å². The number of terminal acetylenes is 1. The number of methoxy groups -OCH3 is 1. The van der Waals surface area contributed by atoms with Crippen molar-refractivity contribution in [1.29, 1.82) is 0 Å². The van der Waals surface area contributed by atoms with E-state index >= 15 is 0 Å². The predicted octanol–water partition coefficient (Wildman–Crippen LogP) is 0.707. The molecule has 0 saturated carbocycles. The minimum Gasteiger partial charge on any atom is -0.493 e. The van der Waals surface area contributed by atoms with Gasteiger partial charge >= 0.3 is 0 Å². The van der Waals surface area contributed by atoms with Crippen LogP contribution in [-0.4, -0.2) is 35.8 Å². The van der Waals surface area contributed by atoms with Gasteiger partial charge in [0.2, 0.25) is 0 Å². The zero-order valence-electron chi connectivity index (χ0n) is 10.2. The number of ether oxygens (including phenoxy) is 1. The number of carbonyl (C=O) groups is 1. The molecular weight excluding hydrogens is 218 g/mol. The fourth-order valence-corrected chi connectivity index (χ4v) is 1.51. The van der Waals surface area contributed by atoms with Gasteiger partial charge in [-0.2, -0.15) is 5.10 Å². The Balaban J connectivity index is 2.82. The third-order valence-corrected chi connectivity index (χ3v) is 2.24. The van der Waals surface area contributed by atoms with E-state index in [-0.39, 0.29) is 12.3 Å². The van der Waals surface area contributed by atoms with Gasteiger partial charge < -0.3 is 4.74 Å². The number of hydrogen-bond donors (Lipinski definition) is 1. The van der Waals surface area contributed by atoms with E-state index in [0.29, 0.717) is 24.5 Å². The highest BCUT2D eigenvalue weighted by molar-refractivity contribution is 5.98. The number of aryl methyl sites for hydroxylation is 1. The lowest BCUT2D eigenvalue weighted by molar-refractivity contribution is 0.0979. The number of Topliss-reactive ketones (excluding diaryl/α,β-unsaturated/α-hetero) is 1. The first-order chi connectivity index (χ1) is 8.24. The van der Waals surface area contributed by atoms with Gasteiger partial charge in [0.15, 0.2) is 11.5 Å². The van der Waals surface area contributed by atoms with Crippen LogP contribution >= 0.6 is 0 Å². The van der Waals surface area contributed by atoms with E-state index in [1.54, 1.807) is 10.9 Å². The molecule has 0 unspecified atom stereocenters. The van der Waals surface area contributed by atoms with Gasteiger partial charge in [-0.15, -0.1) is 6.42 Å². The molecule has 1 N–H and O–H groups in total. The molecule has 0 aliphatic rings. The molecular formula is C12H17N3O2. The van der Waals surface area contributed by atoms with Gasteiger partial charge in [0, 0.05) is 6.54 Å². The Morgan fingerprint density at radius 3 is 3.06 bits per heavy atom. The smallest absolute Gasteiger partial charge is 0.198 e. The molecule has 0 aliphatic heterocycles. The second-order valence-electron chi connectivity index (χ2n) is 3.52. The summed E-state index contributed by atoms with van der Waals surface area (Å²) in [4.78, 5) is 12.0. The summed E-state index contributed by atoms with van der Waals surface area (Å²) in [5.74, 6) is 2.86. The standard InChI is InChI=1S/C12H17N3O2/c1-4-6-13-8-10(16)12-11(17-3)9-14-15(12)7-5-2/h1,9,13H,5-8H2,2-3H3. The summed E-state index contributed by atoms with van der Waals surface area (Å²) < 4.78 is 6.79. The van der Waals surface area contributed by atoms with E-state index in [1.807, 2.05) is 6.92 Å². The molecule has 92 valence electrons. The second kappa shape index (κ2) is 6.71. The molecule has 0 bridgehead atoms. The summed E-state index contributed by atoms with van der Waals surface area (Å²) in [5.41, 5.74) is 0.499. The molecule has 1 aromatic rings. The fraction of sp³-hybridized carbons (Fsp3) is 0.500. The largest absolute Gasteiger partial charge is 0.493 e. The fourth-order valence-electron chi connectivity index (χ4n) is 1.51. The van der Waals surface area contributed by atoms with Crippen molar-refractivity contribution in [3.63, 3.8) is 0 Å². The number of rotatable bonds is 7. The Morgan fingerprint density at radius 2 is 2.47 bits per heavy atom. The van der Waals surface area contributed by atoms with Crippen LogP contribution in [0, 0.1) is 12.3 Å². The summed E-state index contributed by atoms with van der Waals surface area (Å²) in [6.45, 7) is 3.28. The van der Waals surface area contributed by atoms with E-state index in [0.717, 1.165) is 6.42 Å². The van der Waals surface area contributed by atoms with E-state index in [4.69, 9.17) is 11.2 Å². The highest BCUT2D eigenvalue weighted by Gasteiger charge is 2.18. The molecule has 5 nitrogen and oxygen atoms in total. The molecule has 17 heavy (non-hydrogen) atoms. The average molecular weight is 235 g/mol. The summed E-state index contributed by atoms with van der Waals surface area (Å²) in [6, 6.07) is 0. The van der Waals surface area contributed by atoms with E-state index in [1.165, 1.54) is 7.11 Å². The average Bonchev–Trinajstić information content (AvgIpc) is 2.73. The van der Waals surface area contributed by atoms with E-state index in [9.17, 15) is 4.79 Å². The van der Waals surface area contributed by atoms with Gasteiger partial charge in [-0.3, -0.25) is 14.8 Å². The maximum Gasteiger partial charge on any atom is 0.198 e. The van der Waals surface area contributed by atoms with Gasteiger partial charge in [-0.05, 0) is 6.42 Å². The van der Waals surface area contributed by atoms with Crippen molar-refractivity contribution in [3.8, 4) is 18.1 Å². The zero-order chi connectivity index (χ0) is 12.7. The molecule has 5 heteroatoms. The lowest BCUT2D eigenvalue weighted by Gasteiger charge is -2.07. The van der Waals surface area contributed by atoms with Crippen LogP contribution in [0.2, 0.25) is 0 Å². The van der Waals surface area contributed by atoms with Crippen LogP contribution in [0.5, 0.6) is 5.75 Å². The monoisotopic (exact) mass is 235 g/mol. The van der Waals surface area contributed by atoms with Gasteiger partial charge in [-0.25, -0.2) is 0 Å². The summed E-state index contributed by atoms with van der Waals surface area (Å²) in [7, 11) is 1.53. The molecule has 0 radical (unpaired) electrons. The Bertz CT molecular complexity index is 418. The molecule has 1 heterocycles. The number of nitrogens with zero attached hydrogens (tertiary/aromatic N) is 2. The first-order valence-corrected chi connectivity index (χ1v) is 5.51. The molecule has 0 saturated heterocycles. The van der Waals surface area contributed by atoms with E-state index in [2.05, 4.69) is 16.3 Å². The van der Waals surface area contributed by atoms with Crippen LogP contribution in [0.1, 0.15) is 23.8 Å². The van der Waals surface area contributed by atoms with Crippen LogP contribution in [-0.2, 0) is 6.54 Å². The zero-order valence-corrected chi connectivity index (χ0v) is 10.2. The quantitative estimate of drug-likeness (QED) is 0.429. The molecule has 0 aliphatic carbocycles. The predicted molar refractivity (Wildman–Crippen MR) is 65.1 cm³/mol. The molecule has 1 aromatic heterocycles. The van der Waals surface area contributed by atoms with Crippen LogP contribution in [0.25, 0.3) is 0 Å². The van der Waals surface area contributed by atoms with Crippen LogP contribution in [0.3, 0.4) is 0 Å². The lowest BCUT2D eigenvalue weighted by Crippen LogP contribution is -2.25. The maximum absolute atomic E-state index is 12.0. The summed E-state index contributed by atoms with van der Waals surface area (Å²) in [6.07, 6.45) is 7.57. The highest BCUT2D eigenvalue weighted by Crippen LogP contribution is 2.18. The molecule has 0 amide bonds. The third kappa shape index (κ3) is 3.33. The Labute approximate surface area is 101 Å². The minimum absolute atomic E-state index is 0.0666. The van der Waals surface area contributed by atoms with Crippen LogP contribution < -0.4 is 10.1 Å². The Kier molecular flexibility index (Phi) is 5.24. The number of carbonyl (C=O) groups excluding carboxylic acids is 1. The highest BCUT2D eigenvalue weighted by atomic mass is 16.5. The first-order valence-electron chi connectivity index (χ1n) is 5.51. The van der Waals surface area contributed by atoms with Gasteiger partial charge in [0.1, 0.15) is 5.69 Å². The van der Waals surface area contributed by atoms with Crippen molar-refractivity contribution >= 4 is 5.78 Å². The number of ketones is 1. The van der Waals surface area contributed by atoms with Gasteiger partial charge in [0.25, 0.3) is 0 Å². The molecule has 1 rings (SSSR count). The van der Waals surface area contributed by atoms with Crippen molar-refractivity contribution in [1.82, 2.24) is 15.1 Å². The lowest BCUT2D eigenvalue weighted by atomic mass is 10.2. The van der Waals surface area contributed by atoms with E-state index < -0.39 is 0 Å². The summed E-state index contributed by atoms with van der Waals surface area (Å²) in [5, 5.41) is 6.99. The number of hydrogen-bond acceptors (Lipinski definition) is 4. The molecule has 0 aromatic carbocycles. The second-order valence-corrected chi connectivity index (χ2v) is 3.52. The molecule has 0 spiro atoms. The SMILES string of the molecule is C#CCNCC(=O)c1c(OC)cnn1CCC. The van der Waals surface area contributed by atoms with Gasteiger partial charge in [-0.1, -0.05) is 12.8 Å². The van der Waals surface area contributed by atoms with Crippen LogP contribution in [0.15, 0.2) is 6.20 Å².